The fourth-order valence-corrected chi connectivity index (χ4v) is 2.14. The summed E-state index contributed by atoms with van der Waals surface area (Å²) in [5.74, 6) is 0.0183. The number of aryl methyl sites for hydroxylation is 1. The van der Waals surface area contributed by atoms with Gasteiger partial charge in [-0.05, 0) is 24.6 Å². The predicted octanol–water partition coefficient (Wildman–Crippen LogP) is 2.50. The van der Waals surface area contributed by atoms with E-state index < -0.39 is 0 Å². The minimum absolute atomic E-state index is 0.257. The van der Waals surface area contributed by atoms with E-state index in [4.69, 9.17) is 17.3 Å². The summed E-state index contributed by atoms with van der Waals surface area (Å²) in [6.07, 6.45) is 0. The van der Waals surface area contributed by atoms with Gasteiger partial charge in [0.15, 0.2) is 0 Å². The third kappa shape index (κ3) is 3.32. The molecule has 0 saturated heterocycles. The van der Waals surface area contributed by atoms with E-state index in [9.17, 15) is 4.79 Å². The van der Waals surface area contributed by atoms with Gasteiger partial charge in [-0.2, -0.15) is 0 Å². The first-order valence-corrected chi connectivity index (χ1v) is 5.66. The zero-order valence-electron chi connectivity index (χ0n) is 8.54. The molecule has 5 heteroatoms. The van der Waals surface area contributed by atoms with Crippen LogP contribution < -0.4 is 5.73 Å². The van der Waals surface area contributed by atoms with Gasteiger partial charge in [-0.25, -0.2) is 0 Å². The molecule has 1 aromatic rings. The van der Waals surface area contributed by atoms with E-state index in [1.165, 1.54) is 18.9 Å². The van der Waals surface area contributed by atoms with Gasteiger partial charge >= 0.3 is 5.97 Å². The summed E-state index contributed by atoms with van der Waals surface area (Å²) in [6, 6.07) is 3.56. The van der Waals surface area contributed by atoms with Crippen LogP contribution in [0, 0.1) is 6.92 Å². The van der Waals surface area contributed by atoms with Crippen molar-refractivity contribution in [3.63, 3.8) is 0 Å². The van der Waals surface area contributed by atoms with Gasteiger partial charge in [-0.15, -0.1) is 11.8 Å². The van der Waals surface area contributed by atoms with Crippen molar-refractivity contribution < 1.29 is 9.53 Å². The number of nitrogens with two attached hydrogens (primary N) is 1. The number of rotatable bonds is 3. The Labute approximate surface area is 97.9 Å². The third-order valence-corrected chi connectivity index (χ3v) is 3.33. The van der Waals surface area contributed by atoms with Crippen molar-refractivity contribution >= 4 is 35.0 Å². The molecule has 2 N–H and O–H groups in total. The van der Waals surface area contributed by atoms with E-state index >= 15 is 0 Å². The molecule has 0 aliphatic rings. The van der Waals surface area contributed by atoms with Gasteiger partial charge in [0.2, 0.25) is 0 Å². The smallest absolute Gasteiger partial charge is 0.315 e. The highest BCUT2D eigenvalue weighted by Crippen LogP contribution is 2.29. The second-order valence-corrected chi connectivity index (χ2v) is 4.43. The Morgan fingerprint density at radius 2 is 2.27 bits per heavy atom. The lowest BCUT2D eigenvalue weighted by atomic mass is 10.2. The number of thioether (sulfide) groups is 1. The van der Waals surface area contributed by atoms with Gasteiger partial charge < -0.3 is 10.5 Å². The molecular formula is C10H12ClNO2S. The average Bonchev–Trinajstić information content (AvgIpc) is 2.21. The summed E-state index contributed by atoms with van der Waals surface area (Å²) in [5, 5.41) is 0.507. The molecule has 82 valence electrons. The molecule has 0 spiro atoms. The molecule has 0 heterocycles. The van der Waals surface area contributed by atoms with Crippen LogP contribution in [0.4, 0.5) is 5.69 Å². The fourth-order valence-electron chi connectivity index (χ4n) is 1.04. The van der Waals surface area contributed by atoms with E-state index in [2.05, 4.69) is 4.74 Å². The minimum Gasteiger partial charge on any atom is -0.468 e. The molecule has 1 rings (SSSR count). The maximum Gasteiger partial charge on any atom is 0.315 e. The van der Waals surface area contributed by atoms with Crippen LogP contribution in [0.15, 0.2) is 17.0 Å². The molecular weight excluding hydrogens is 234 g/mol. The Morgan fingerprint density at radius 1 is 1.60 bits per heavy atom. The van der Waals surface area contributed by atoms with Gasteiger partial charge in [0.25, 0.3) is 0 Å². The lowest BCUT2D eigenvalue weighted by molar-refractivity contribution is -0.137. The molecule has 15 heavy (non-hydrogen) atoms. The van der Waals surface area contributed by atoms with Crippen LogP contribution in [0.1, 0.15) is 5.56 Å². The Morgan fingerprint density at radius 3 is 2.87 bits per heavy atom. The SMILES string of the molecule is COC(=O)CSc1cc(Cl)c(N)cc1C. The summed E-state index contributed by atoms with van der Waals surface area (Å²) in [6.45, 7) is 1.92. The number of benzene rings is 1. The lowest BCUT2D eigenvalue weighted by Crippen LogP contribution is -2.03. The normalized spacial score (nSPS) is 10.1. The van der Waals surface area contributed by atoms with E-state index in [-0.39, 0.29) is 11.7 Å². The van der Waals surface area contributed by atoms with Gasteiger partial charge in [0.05, 0.1) is 23.6 Å². The van der Waals surface area contributed by atoms with Crippen molar-refractivity contribution in [1.82, 2.24) is 0 Å². The van der Waals surface area contributed by atoms with E-state index in [1.54, 1.807) is 12.1 Å². The molecule has 0 aromatic heterocycles. The highest BCUT2D eigenvalue weighted by atomic mass is 35.5. The van der Waals surface area contributed by atoms with Crippen LogP contribution in [0.2, 0.25) is 5.02 Å². The van der Waals surface area contributed by atoms with Crippen LogP contribution in [-0.2, 0) is 9.53 Å². The number of hydrogen-bond acceptors (Lipinski definition) is 4. The second-order valence-electron chi connectivity index (χ2n) is 3.00. The third-order valence-electron chi connectivity index (χ3n) is 1.87. The molecule has 0 radical (unpaired) electrons. The van der Waals surface area contributed by atoms with Crippen LogP contribution >= 0.6 is 23.4 Å². The summed E-state index contributed by atoms with van der Waals surface area (Å²) in [4.78, 5) is 11.9. The highest BCUT2D eigenvalue weighted by molar-refractivity contribution is 8.00. The summed E-state index contributed by atoms with van der Waals surface area (Å²) in [7, 11) is 1.37. The first kappa shape index (κ1) is 12.2. The number of nitrogen functional groups attached to an aromatic ring is 1. The maximum atomic E-state index is 10.9. The molecule has 0 bridgehead atoms. The summed E-state index contributed by atoms with van der Waals surface area (Å²) >= 11 is 7.27. The van der Waals surface area contributed by atoms with E-state index in [0.717, 1.165) is 10.5 Å². The Bertz CT molecular complexity index is 382. The molecule has 0 amide bonds. The number of carbonyl (C=O) groups is 1. The van der Waals surface area contributed by atoms with Crippen molar-refractivity contribution in [1.29, 1.82) is 0 Å². The minimum atomic E-state index is -0.257. The number of hydrogen-bond donors (Lipinski definition) is 1. The molecule has 0 aliphatic carbocycles. The Kier molecular flexibility index (Phi) is 4.29. The van der Waals surface area contributed by atoms with Crippen molar-refractivity contribution in [3.05, 3.63) is 22.7 Å². The van der Waals surface area contributed by atoms with Gasteiger partial charge in [-0.3, -0.25) is 4.79 Å². The summed E-state index contributed by atoms with van der Waals surface area (Å²) in [5.41, 5.74) is 7.20. The quantitative estimate of drug-likeness (QED) is 0.505. The number of carbonyl (C=O) groups excluding carboxylic acids is 1. The van der Waals surface area contributed by atoms with Gasteiger partial charge in [0, 0.05) is 4.90 Å². The highest BCUT2D eigenvalue weighted by Gasteiger charge is 2.07. The van der Waals surface area contributed by atoms with Crippen molar-refractivity contribution in [3.8, 4) is 0 Å². The molecule has 0 saturated carbocycles. The molecule has 0 fully saturated rings. The Hall–Kier alpha value is -0.870. The predicted molar refractivity (Wildman–Crippen MR) is 63.3 cm³/mol. The number of esters is 1. The zero-order chi connectivity index (χ0) is 11.4. The zero-order valence-corrected chi connectivity index (χ0v) is 10.1. The van der Waals surface area contributed by atoms with Crippen LogP contribution in [0.25, 0.3) is 0 Å². The summed E-state index contributed by atoms with van der Waals surface area (Å²) < 4.78 is 4.55. The average molecular weight is 246 g/mol. The second kappa shape index (κ2) is 5.28. The van der Waals surface area contributed by atoms with E-state index in [1.807, 2.05) is 6.92 Å². The van der Waals surface area contributed by atoms with Crippen molar-refractivity contribution in [2.75, 3.05) is 18.6 Å². The van der Waals surface area contributed by atoms with Crippen molar-refractivity contribution in [2.24, 2.45) is 0 Å². The monoisotopic (exact) mass is 245 g/mol. The standard InChI is InChI=1S/C10H12ClNO2S/c1-6-3-8(12)7(11)4-9(6)15-5-10(13)14-2/h3-4H,5,12H2,1-2H3. The maximum absolute atomic E-state index is 10.9. The van der Waals surface area contributed by atoms with Crippen molar-refractivity contribution in [2.45, 2.75) is 11.8 Å². The van der Waals surface area contributed by atoms with E-state index in [0.29, 0.717) is 10.7 Å². The topological polar surface area (TPSA) is 52.3 Å². The first-order valence-electron chi connectivity index (χ1n) is 4.30. The molecule has 0 aliphatic heterocycles. The first-order chi connectivity index (χ1) is 7.04. The molecule has 3 nitrogen and oxygen atoms in total. The fraction of sp³-hybridized carbons (Fsp3) is 0.300. The number of halogens is 1. The molecule has 0 atom stereocenters. The molecule has 0 unspecified atom stereocenters. The van der Waals surface area contributed by atoms with Gasteiger partial charge in [0.1, 0.15) is 0 Å². The Balaban J connectivity index is 2.77. The van der Waals surface area contributed by atoms with Crippen LogP contribution in [-0.4, -0.2) is 18.8 Å². The van der Waals surface area contributed by atoms with Gasteiger partial charge in [-0.1, -0.05) is 11.6 Å². The lowest BCUT2D eigenvalue weighted by Gasteiger charge is -2.07. The van der Waals surface area contributed by atoms with Crippen LogP contribution in [0.3, 0.4) is 0 Å². The largest absolute Gasteiger partial charge is 0.468 e. The number of anilines is 1. The number of ether oxygens (including phenoxy) is 1. The van der Waals surface area contributed by atoms with Crippen LogP contribution in [0.5, 0.6) is 0 Å². The number of methoxy groups -OCH3 is 1. The molecule has 1 aromatic carbocycles.